The standard InChI is InChI=1S/C29H37Cl2NO5/c1-4-6-8-9-13-17-25(16-7-5-2)37-28(35)32(23-14-11-10-12-15-23)27(34)29(30,31)26(33)22-18-20-24(36-3)21-19-22/h10-12,14-15,18-21,25H,4-9,13,16-17H2,1-3H3. The van der Waals surface area contributed by atoms with E-state index >= 15 is 0 Å². The average molecular weight is 551 g/mol. The molecule has 2 amide bonds. The topological polar surface area (TPSA) is 72.9 Å². The summed E-state index contributed by atoms with van der Waals surface area (Å²) in [5, 5.41) is 0. The molecule has 2 rings (SSSR count). The normalized spacial score (nSPS) is 12.0. The predicted octanol–water partition coefficient (Wildman–Crippen LogP) is 8.14. The van der Waals surface area contributed by atoms with Gasteiger partial charge in [0, 0.05) is 5.56 Å². The fourth-order valence-electron chi connectivity index (χ4n) is 3.91. The van der Waals surface area contributed by atoms with Gasteiger partial charge in [-0.1, -0.05) is 93.8 Å². The molecule has 0 spiro atoms. The maximum atomic E-state index is 13.6. The molecule has 0 bridgehead atoms. The number of imide groups is 1. The van der Waals surface area contributed by atoms with Crippen LogP contribution >= 0.6 is 23.2 Å². The number of halogens is 2. The molecule has 0 fully saturated rings. The Balaban J connectivity index is 2.28. The van der Waals surface area contributed by atoms with E-state index in [1.165, 1.54) is 25.7 Å². The number of hydrogen-bond acceptors (Lipinski definition) is 5. The van der Waals surface area contributed by atoms with E-state index in [1.54, 1.807) is 42.5 Å². The third-order valence-electron chi connectivity index (χ3n) is 6.08. The Morgan fingerprint density at radius 1 is 0.838 bits per heavy atom. The number of rotatable bonds is 15. The van der Waals surface area contributed by atoms with Gasteiger partial charge in [0.1, 0.15) is 11.9 Å². The molecular weight excluding hydrogens is 513 g/mol. The zero-order valence-electron chi connectivity index (χ0n) is 21.9. The van der Waals surface area contributed by atoms with Gasteiger partial charge in [-0.2, -0.15) is 0 Å². The van der Waals surface area contributed by atoms with Gasteiger partial charge in [0.25, 0.3) is 10.2 Å². The first-order valence-electron chi connectivity index (χ1n) is 12.9. The summed E-state index contributed by atoms with van der Waals surface area (Å²) < 4.78 is 8.38. The molecule has 0 aromatic heterocycles. The molecule has 0 aliphatic rings. The zero-order chi connectivity index (χ0) is 27.3. The second kappa shape index (κ2) is 15.6. The Morgan fingerprint density at radius 3 is 2.03 bits per heavy atom. The van der Waals surface area contributed by atoms with Crippen molar-refractivity contribution in [2.24, 2.45) is 0 Å². The minimum absolute atomic E-state index is 0.105. The van der Waals surface area contributed by atoms with Crippen molar-refractivity contribution < 1.29 is 23.9 Å². The number of ketones is 1. The Bertz CT molecular complexity index is 995. The number of unbranched alkanes of at least 4 members (excludes halogenated alkanes) is 5. The van der Waals surface area contributed by atoms with Crippen LogP contribution in [0.3, 0.4) is 0 Å². The second-order valence-corrected chi connectivity index (χ2v) is 10.3. The van der Waals surface area contributed by atoms with Gasteiger partial charge in [-0.05, 0) is 55.7 Å². The summed E-state index contributed by atoms with van der Waals surface area (Å²) >= 11 is 12.7. The van der Waals surface area contributed by atoms with E-state index in [0.29, 0.717) is 18.6 Å². The highest BCUT2D eigenvalue weighted by atomic mass is 35.5. The van der Waals surface area contributed by atoms with Crippen LogP contribution in [-0.2, 0) is 9.53 Å². The molecule has 0 N–H and O–H groups in total. The molecule has 1 atom stereocenters. The molecule has 2 aromatic rings. The van der Waals surface area contributed by atoms with E-state index in [0.717, 1.165) is 43.4 Å². The number of amides is 2. The van der Waals surface area contributed by atoms with Crippen LogP contribution < -0.4 is 9.64 Å². The lowest BCUT2D eigenvalue weighted by Gasteiger charge is -2.28. The van der Waals surface area contributed by atoms with Gasteiger partial charge < -0.3 is 9.47 Å². The average Bonchev–Trinajstić information content (AvgIpc) is 2.91. The Kier molecular flexibility index (Phi) is 12.9. The van der Waals surface area contributed by atoms with Gasteiger partial charge in [-0.15, -0.1) is 0 Å². The number of methoxy groups -OCH3 is 1. The first kappa shape index (κ1) is 30.7. The number of Topliss-reactive ketones (excluding diaryl/α,β-unsaturated/α-hetero) is 1. The van der Waals surface area contributed by atoms with Crippen LogP contribution in [0.5, 0.6) is 5.75 Å². The maximum Gasteiger partial charge on any atom is 0.421 e. The van der Waals surface area contributed by atoms with Crippen molar-refractivity contribution in [3.05, 3.63) is 60.2 Å². The summed E-state index contributed by atoms with van der Waals surface area (Å²) in [4.78, 5) is 40.9. The van der Waals surface area contributed by atoms with Crippen LogP contribution in [0.15, 0.2) is 54.6 Å². The summed E-state index contributed by atoms with van der Waals surface area (Å²) in [6, 6.07) is 14.2. The molecule has 0 aliphatic carbocycles. The van der Waals surface area contributed by atoms with Crippen LogP contribution in [0.4, 0.5) is 10.5 Å². The van der Waals surface area contributed by atoms with Crippen molar-refractivity contribution in [1.82, 2.24) is 0 Å². The monoisotopic (exact) mass is 549 g/mol. The van der Waals surface area contributed by atoms with Gasteiger partial charge >= 0.3 is 6.09 Å². The molecule has 8 heteroatoms. The lowest BCUT2D eigenvalue weighted by molar-refractivity contribution is -0.118. The number of ether oxygens (including phenoxy) is 2. The highest BCUT2D eigenvalue weighted by molar-refractivity contribution is 6.70. The lowest BCUT2D eigenvalue weighted by atomic mass is 10.0. The van der Waals surface area contributed by atoms with E-state index < -0.39 is 22.1 Å². The highest BCUT2D eigenvalue weighted by Crippen LogP contribution is 2.32. The van der Waals surface area contributed by atoms with E-state index in [2.05, 4.69) is 13.8 Å². The van der Waals surface area contributed by atoms with Crippen LogP contribution in [-0.4, -0.2) is 35.3 Å². The maximum absolute atomic E-state index is 13.6. The number of para-hydroxylation sites is 1. The SMILES string of the molecule is CCCCCCCC(CCCC)OC(=O)N(C(=O)C(Cl)(Cl)C(=O)c1ccc(OC)cc1)c1ccccc1. The minimum Gasteiger partial charge on any atom is -0.497 e. The zero-order valence-corrected chi connectivity index (χ0v) is 23.4. The van der Waals surface area contributed by atoms with Crippen LogP contribution in [0.2, 0.25) is 0 Å². The quantitative estimate of drug-likeness (QED) is 0.0969. The summed E-state index contributed by atoms with van der Waals surface area (Å²) in [7, 11) is 1.50. The molecule has 6 nitrogen and oxygen atoms in total. The van der Waals surface area contributed by atoms with E-state index in [4.69, 9.17) is 32.7 Å². The number of benzene rings is 2. The van der Waals surface area contributed by atoms with Crippen molar-refractivity contribution in [1.29, 1.82) is 0 Å². The number of anilines is 1. The predicted molar refractivity (Wildman–Crippen MR) is 149 cm³/mol. The van der Waals surface area contributed by atoms with Gasteiger partial charge in [0.15, 0.2) is 0 Å². The molecule has 0 saturated heterocycles. The second-order valence-electron chi connectivity index (χ2n) is 8.96. The fourth-order valence-corrected chi connectivity index (χ4v) is 4.30. The van der Waals surface area contributed by atoms with Crippen LogP contribution in [0.25, 0.3) is 0 Å². The van der Waals surface area contributed by atoms with E-state index in [9.17, 15) is 14.4 Å². The highest BCUT2D eigenvalue weighted by Gasteiger charge is 2.48. The molecule has 37 heavy (non-hydrogen) atoms. The summed E-state index contributed by atoms with van der Waals surface area (Å²) in [6.07, 6.45) is 7.39. The molecular formula is C29H37Cl2NO5. The van der Waals surface area contributed by atoms with Crippen molar-refractivity contribution in [3.63, 3.8) is 0 Å². The van der Waals surface area contributed by atoms with Crippen molar-refractivity contribution in [3.8, 4) is 5.75 Å². The first-order valence-corrected chi connectivity index (χ1v) is 13.7. The molecule has 202 valence electrons. The molecule has 1 unspecified atom stereocenters. The number of carbonyl (C=O) groups excluding carboxylic acids is 3. The summed E-state index contributed by atoms with van der Waals surface area (Å²) in [5.41, 5.74) is 0.316. The minimum atomic E-state index is -2.55. The molecule has 0 heterocycles. The molecule has 0 saturated carbocycles. The van der Waals surface area contributed by atoms with Gasteiger partial charge in [-0.25, -0.2) is 9.69 Å². The van der Waals surface area contributed by atoms with E-state index in [-0.39, 0.29) is 17.4 Å². The smallest absolute Gasteiger partial charge is 0.421 e. The van der Waals surface area contributed by atoms with Crippen LogP contribution in [0, 0.1) is 0 Å². The van der Waals surface area contributed by atoms with Crippen molar-refractivity contribution in [2.45, 2.75) is 82.1 Å². The Hall–Kier alpha value is -2.57. The van der Waals surface area contributed by atoms with E-state index in [1.807, 2.05) is 0 Å². The number of hydrogen-bond donors (Lipinski definition) is 0. The number of carbonyl (C=O) groups is 3. The summed E-state index contributed by atoms with van der Waals surface area (Å²) in [5.74, 6) is -1.42. The summed E-state index contributed by atoms with van der Waals surface area (Å²) in [6.45, 7) is 4.23. The van der Waals surface area contributed by atoms with Crippen molar-refractivity contribution in [2.75, 3.05) is 12.0 Å². The number of alkyl halides is 2. The Labute approximate surface area is 230 Å². The third kappa shape index (κ3) is 9.04. The van der Waals surface area contributed by atoms with Gasteiger partial charge in [-0.3, -0.25) is 9.59 Å². The Morgan fingerprint density at radius 2 is 1.43 bits per heavy atom. The molecule has 0 radical (unpaired) electrons. The molecule has 2 aromatic carbocycles. The largest absolute Gasteiger partial charge is 0.497 e. The number of nitrogens with zero attached hydrogens (tertiary/aromatic N) is 1. The third-order valence-corrected chi connectivity index (χ3v) is 6.75. The lowest BCUT2D eigenvalue weighted by Crippen LogP contribution is -2.50. The van der Waals surface area contributed by atoms with Gasteiger partial charge in [0.2, 0.25) is 5.78 Å². The van der Waals surface area contributed by atoms with Gasteiger partial charge in [0.05, 0.1) is 12.8 Å². The van der Waals surface area contributed by atoms with Crippen LogP contribution in [0.1, 0.15) is 82.0 Å². The first-order chi connectivity index (χ1) is 17.8. The molecule has 0 aliphatic heterocycles. The fraction of sp³-hybridized carbons (Fsp3) is 0.483. The van der Waals surface area contributed by atoms with Crippen molar-refractivity contribution >= 4 is 46.7 Å².